The lowest BCUT2D eigenvalue weighted by Gasteiger charge is -2.29. The second-order valence-corrected chi connectivity index (χ2v) is 11.9. The fourth-order valence-electron chi connectivity index (χ4n) is 3.90. The summed E-state index contributed by atoms with van der Waals surface area (Å²) in [5.74, 6) is 0.113. The van der Waals surface area contributed by atoms with E-state index in [-0.39, 0.29) is 25.3 Å². The molecule has 0 aromatic heterocycles. The van der Waals surface area contributed by atoms with Gasteiger partial charge in [-0.1, -0.05) is 42.5 Å². The largest absolute Gasteiger partial charge is 0.508 e. The van der Waals surface area contributed by atoms with E-state index in [1.54, 1.807) is 53.7 Å². The second kappa shape index (κ2) is 14.9. The molecule has 2 amide bonds. The molecule has 0 aliphatic carbocycles. The van der Waals surface area contributed by atoms with Crippen molar-refractivity contribution in [2.45, 2.75) is 89.9 Å². The van der Waals surface area contributed by atoms with Gasteiger partial charge in [0.15, 0.2) is 0 Å². The maximum Gasteiger partial charge on any atom is 0.407 e. The minimum absolute atomic E-state index is 0.0418. The molecule has 0 aliphatic rings. The molecular weight excluding hydrogens is 514 g/mol. The number of amides is 2. The summed E-state index contributed by atoms with van der Waals surface area (Å²) in [7, 11) is 0. The monoisotopic (exact) mass is 559 g/mol. The van der Waals surface area contributed by atoms with Crippen LogP contribution in [0.2, 0.25) is 0 Å². The Morgan fingerprint density at radius 1 is 0.700 bits per heavy atom. The second-order valence-electron chi connectivity index (χ2n) is 11.9. The molecule has 0 saturated heterocycles. The van der Waals surface area contributed by atoms with Gasteiger partial charge in [-0.3, -0.25) is 0 Å². The Kier molecular flexibility index (Phi) is 12.2. The third-order valence-electron chi connectivity index (χ3n) is 5.73. The Labute approximate surface area is 237 Å². The van der Waals surface area contributed by atoms with Gasteiger partial charge in [0.05, 0.1) is 24.3 Å². The van der Waals surface area contributed by atoms with E-state index in [2.05, 4.69) is 16.0 Å². The number of phenols is 1. The summed E-state index contributed by atoms with van der Waals surface area (Å²) in [5, 5.41) is 40.1. The average molecular weight is 560 g/mol. The molecule has 4 atom stereocenters. The van der Waals surface area contributed by atoms with Gasteiger partial charge in [0.25, 0.3) is 0 Å². The molecule has 0 unspecified atom stereocenters. The molecule has 2 aromatic carbocycles. The molecular formula is C30H45N3O7. The van der Waals surface area contributed by atoms with Crippen LogP contribution in [-0.2, 0) is 22.3 Å². The standard InChI is InChI=1S/C30H45N3O7/c1-29(2,3)39-27(37)32-23(16-20-10-8-7-9-11-20)25(35)18-31-19-26(36)24(33-28(38)40-30(4,5)6)17-21-12-14-22(34)15-13-21/h7-15,23-26,31,34-36H,16-19H2,1-6H3,(H,32,37)(H,33,38)/t23-,24-,25+,26+/m0/s1. The highest BCUT2D eigenvalue weighted by Gasteiger charge is 2.27. The highest BCUT2D eigenvalue weighted by Crippen LogP contribution is 2.14. The van der Waals surface area contributed by atoms with E-state index in [0.29, 0.717) is 6.42 Å². The van der Waals surface area contributed by atoms with E-state index in [1.165, 1.54) is 12.1 Å². The minimum atomic E-state index is -1.04. The smallest absolute Gasteiger partial charge is 0.407 e. The fourth-order valence-corrected chi connectivity index (χ4v) is 3.90. The van der Waals surface area contributed by atoms with Gasteiger partial charge in [-0.25, -0.2) is 9.59 Å². The number of ether oxygens (including phenoxy) is 2. The molecule has 0 saturated carbocycles. The molecule has 0 radical (unpaired) electrons. The number of rotatable bonds is 12. The molecule has 6 N–H and O–H groups in total. The lowest BCUT2D eigenvalue weighted by molar-refractivity contribution is 0.0399. The zero-order chi connectivity index (χ0) is 29.9. The third-order valence-corrected chi connectivity index (χ3v) is 5.73. The summed E-state index contributed by atoms with van der Waals surface area (Å²) in [6.45, 7) is 10.6. The Morgan fingerprint density at radius 3 is 1.50 bits per heavy atom. The Bertz CT molecular complexity index is 1050. The van der Waals surface area contributed by atoms with Crippen molar-refractivity contribution in [3.8, 4) is 5.75 Å². The van der Waals surface area contributed by atoms with Gasteiger partial charge in [-0.2, -0.15) is 0 Å². The highest BCUT2D eigenvalue weighted by molar-refractivity contribution is 5.68. The normalized spacial score (nSPS) is 14.9. The molecule has 0 bridgehead atoms. The van der Waals surface area contributed by atoms with Crippen molar-refractivity contribution in [3.05, 3.63) is 65.7 Å². The zero-order valence-electron chi connectivity index (χ0n) is 24.3. The van der Waals surface area contributed by atoms with E-state index in [0.717, 1.165) is 11.1 Å². The zero-order valence-corrected chi connectivity index (χ0v) is 24.3. The number of nitrogens with one attached hydrogen (secondary N) is 3. The van der Waals surface area contributed by atoms with Crippen LogP contribution in [0.4, 0.5) is 9.59 Å². The maximum absolute atomic E-state index is 12.5. The molecule has 0 heterocycles. The topological polar surface area (TPSA) is 149 Å². The number of carbonyl (C=O) groups excluding carboxylic acids is 2. The molecule has 0 aliphatic heterocycles. The van der Waals surface area contributed by atoms with Gasteiger partial charge in [0.1, 0.15) is 17.0 Å². The first kappa shape index (κ1) is 32.9. The summed E-state index contributed by atoms with van der Waals surface area (Å²) >= 11 is 0. The number of phenolic OH excluding ortho intramolecular Hbond substituents is 1. The molecule has 222 valence electrons. The summed E-state index contributed by atoms with van der Waals surface area (Å²) < 4.78 is 10.7. The van der Waals surface area contributed by atoms with E-state index in [4.69, 9.17) is 9.47 Å². The van der Waals surface area contributed by atoms with Crippen LogP contribution in [0.25, 0.3) is 0 Å². The van der Waals surface area contributed by atoms with Crippen molar-refractivity contribution >= 4 is 12.2 Å². The van der Waals surface area contributed by atoms with Crippen LogP contribution >= 0.6 is 0 Å². The molecule has 40 heavy (non-hydrogen) atoms. The summed E-state index contributed by atoms with van der Waals surface area (Å²) in [6.07, 6.45) is -2.70. The van der Waals surface area contributed by atoms with E-state index in [1.807, 2.05) is 30.3 Å². The van der Waals surface area contributed by atoms with Gasteiger partial charge in [-0.15, -0.1) is 0 Å². The number of aromatic hydroxyl groups is 1. The van der Waals surface area contributed by atoms with Gasteiger partial charge < -0.3 is 40.7 Å². The number of benzene rings is 2. The minimum Gasteiger partial charge on any atom is -0.508 e. The first-order valence-corrected chi connectivity index (χ1v) is 13.5. The molecule has 0 fully saturated rings. The van der Waals surface area contributed by atoms with Crippen molar-refractivity contribution in [3.63, 3.8) is 0 Å². The first-order valence-electron chi connectivity index (χ1n) is 13.5. The number of aliphatic hydroxyl groups excluding tert-OH is 2. The molecule has 2 aromatic rings. The lowest BCUT2D eigenvalue weighted by atomic mass is 10.00. The molecule has 0 spiro atoms. The summed E-state index contributed by atoms with van der Waals surface area (Å²) in [4.78, 5) is 24.9. The Hall–Kier alpha value is -3.34. The van der Waals surface area contributed by atoms with Gasteiger partial charge >= 0.3 is 12.2 Å². The number of aliphatic hydroxyl groups is 2. The Balaban J connectivity index is 2.05. The molecule has 10 heteroatoms. The van der Waals surface area contributed by atoms with Gasteiger partial charge in [0, 0.05) is 13.1 Å². The predicted octanol–water partition coefficient (Wildman–Crippen LogP) is 3.28. The van der Waals surface area contributed by atoms with Gasteiger partial charge in [0.2, 0.25) is 0 Å². The third kappa shape index (κ3) is 13.1. The van der Waals surface area contributed by atoms with E-state index < -0.39 is 47.7 Å². The molecule has 2 rings (SSSR count). The quantitative estimate of drug-likeness (QED) is 0.232. The van der Waals surface area contributed by atoms with Crippen LogP contribution in [-0.4, -0.2) is 76.1 Å². The van der Waals surface area contributed by atoms with Crippen LogP contribution < -0.4 is 16.0 Å². The summed E-state index contributed by atoms with van der Waals surface area (Å²) in [5.41, 5.74) is 0.318. The van der Waals surface area contributed by atoms with E-state index >= 15 is 0 Å². The number of alkyl carbamates (subject to hydrolysis) is 2. The van der Waals surface area contributed by atoms with Crippen LogP contribution in [0.3, 0.4) is 0 Å². The van der Waals surface area contributed by atoms with Crippen LogP contribution in [0, 0.1) is 0 Å². The van der Waals surface area contributed by atoms with E-state index in [9.17, 15) is 24.9 Å². The van der Waals surface area contributed by atoms with Crippen molar-refractivity contribution in [2.75, 3.05) is 13.1 Å². The maximum atomic E-state index is 12.5. The SMILES string of the molecule is CC(C)(C)OC(=O)N[C@@H](Cc1ccccc1)[C@H](O)CNC[C@@H](O)[C@H](Cc1ccc(O)cc1)NC(=O)OC(C)(C)C. The summed E-state index contributed by atoms with van der Waals surface area (Å²) in [6, 6.07) is 14.6. The fraction of sp³-hybridized carbons (Fsp3) is 0.533. The van der Waals surface area contributed by atoms with Crippen molar-refractivity contribution < 1.29 is 34.4 Å². The number of carbonyl (C=O) groups is 2. The number of hydrogen-bond donors (Lipinski definition) is 6. The van der Waals surface area contributed by atoms with Crippen molar-refractivity contribution in [1.29, 1.82) is 0 Å². The first-order chi connectivity index (χ1) is 18.6. The number of hydrogen-bond acceptors (Lipinski definition) is 8. The highest BCUT2D eigenvalue weighted by atomic mass is 16.6. The van der Waals surface area contributed by atoms with Crippen LogP contribution in [0.15, 0.2) is 54.6 Å². The lowest BCUT2D eigenvalue weighted by Crippen LogP contribution is -2.53. The van der Waals surface area contributed by atoms with Crippen LogP contribution in [0.1, 0.15) is 52.7 Å². The average Bonchev–Trinajstić information content (AvgIpc) is 2.82. The van der Waals surface area contributed by atoms with Crippen molar-refractivity contribution in [2.24, 2.45) is 0 Å². The van der Waals surface area contributed by atoms with Crippen molar-refractivity contribution in [1.82, 2.24) is 16.0 Å². The predicted molar refractivity (Wildman–Crippen MR) is 153 cm³/mol. The van der Waals surface area contributed by atoms with Gasteiger partial charge in [-0.05, 0) is 77.6 Å². The molecule has 10 nitrogen and oxygen atoms in total. The Morgan fingerprint density at radius 2 is 1.10 bits per heavy atom. The van der Waals surface area contributed by atoms with Crippen LogP contribution in [0.5, 0.6) is 5.75 Å².